The molecule has 4 heteroatoms. The Balaban J connectivity index is 2.26. The van der Waals surface area contributed by atoms with Crippen LogP contribution in [0.1, 0.15) is 52.9 Å². The van der Waals surface area contributed by atoms with Crippen LogP contribution in [-0.2, 0) is 4.79 Å². The molecule has 0 bridgehead atoms. The number of carbonyl (C=O) groups is 1. The fraction of sp³-hybridized carbons (Fsp3) is 0.846. The Hall–Kier alpha value is -1.06. The minimum Gasteiger partial charge on any atom is -0.387 e. The number of amides is 1. The average molecular weight is 239 g/mol. The van der Waals surface area contributed by atoms with E-state index in [9.17, 15) is 4.79 Å². The van der Waals surface area contributed by atoms with Crippen LogP contribution in [-0.4, -0.2) is 23.8 Å². The molecule has 1 fully saturated rings. The van der Waals surface area contributed by atoms with Gasteiger partial charge < -0.3 is 11.1 Å². The van der Waals surface area contributed by atoms with Crippen molar-refractivity contribution in [3.8, 4) is 0 Å². The third-order valence-electron chi connectivity index (χ3n) is 2.92. The molecule has 1 saturated carbocycles. The molecule has 0 heterocycles. The lowest BCUT2D eigenvalue weighted by Crippen LogP contribution is -2.40. The third-order valence-corrected chi connectivity index (χ3v) is 2.92. The van der Waals surface area contributed by atoms with Gasteiger partial charge in [0.15, 0.2) is 0 Å². The summed E-state index contributed by atoms with van der Waals surface area (Å²) >= 11 is 0. The molecule has 0 atom stereocenters. The number of nitrogens with two attached hydrogens (primary N) is 1. The highest BCUT2D eigenvalue weighted by Gasteiger charge is 2.18. The van der Waals surface area contributed by atoms with Gasteiger partial charge in [-0.1, -0.05) is 12.8 Å². The van der Waals surface area contributed by atoms with Gasteiger partial charge in [-0.3, -0.25) is 9.79 Å². The lowest BCUT2D eigenvalue weighted by molar-refractivity contribution is -0.122. The summed E-state index contributed by atoms with van der Waals surface area (Å²) in [5, 5.41) is 2.91. The first-order valence-corrected chi connectivity index (χ1v) is 6.49. The second kappa shape index (κ2) is 6.03. The molecule has 0 aromatic rings. The highest BCUT2D eigenvalue weighted by atomic mass is 16.1. The Morgan fingerprint density at radius 3 is 2.47 bits per heavy atom. The Kier molecular flexibility index (Phi) is 4.97. The Morgan fingerprint density at radius 1 is 1.35 bits per heavy atom. The fourth-order valence-corrected chi connectivity index (χ4v) is 2.12. The predicted molar refractivity (Wildman–Crippen MR) is 71.0 cm³/mol. The molecule has 98 valence electrons. The number of aliphatic imine (C=N–C) groups is 1. The zero-order valence-electron chi connectivity index (χ0n) is 11.3. The molecular weight excluding hydrogens is 214 g/mol. The SMILES string of the molecule is CC(C)(C)NC(=O)CCN=C(N)C1CCCC1. The maximum atomic E-state index is 11.5. The summed E-state index contributed by atoms with van der Waals surface area (Å²) in [7, 11) is 0. The molecule has 1 rings (SSSR count). The van der Waals surface area contributed by atoms with E-state index >= 15 is 0 Å². The second-order valence-electron chi connectivity index (χ2n) is 5.84. The Bertz CT molecular complexity index is 286. The van der Waals surface area contributed by atoms with Crippen LogP contribution >= 0.6 is 0 Å². The van der Waals surface area contributed by atoms with Gasteiger partial charge in [-0.2, -0.15) is 0 Å². The van der Waals surface area contributed by atoms with Gasteiger partial charge in [0.25, 0.3) is 0 Å². The van der Waals surface area contributed by atoms with Crippen LogP contribution in [0.3, 0.4) is 0 Å². The molecule has 0 saturated heterocycles. The van der Waals surface area contributed by atoms with E-state index in [4.69, 9.17) is 5.73 Å². The molecule has 1 aliphatic carbocycles. The predicted octanol–water partition coefficient (Wildman–Crippen LogP) is 1.84. The lowest BCUT2D eigenvalue weighted by Gasteiger charge is -2.20. The summed E-state index contributed by atoms with van der Waals surface area (Å²) in [5.74, 6) is 1.24. The number of nitrogens with one attached hydrogen (secondary N) is 1. The molecule has 0 aromatic carbocycles. The zero-order valence-corrected chi connectivity index (χ0v) is 11.3. The zero-order chi connectivity index (χ0) is 12.9. The van der Waals surface area contributed by atoms with E-state index in [0.717, 1.165) is 18.7 Å². The molecule has 0 radical (unpaired) electrons. The largest absolute Gasteiger partial charge is 0.387 e. The molecule has 17 heavy (non-hydrogen) atoms. The standard InChI is InChI=1S/C13H25N3O/c1-13(2,3)16-11(17)8-9-15-12(14)10-6-4-5-7-10/h10H,4-9H2,1-3H3,(H2,14,15)(H,16,17). The first kappa shape index (κ1) is 14.0. The van der Waals surface area contributed by atoms with Crippen LogP contribution in [0.2, 0.25) is 0 Å². The van der Waals surface area contributed by atoms with Gasteiger partial charge in [-0.05, 0) is 33.6 Å². The molecule has 0 unspecified atom stereocenters. The number of amidine groups is 1. The normalized spacial score (nSPS) is 18.4. The van der Waals surface area contributed by atoms with E-state index in [-0.39, 0.29) is 11.4 Å². The van der Waals surface area contributed by atoms with Crippen molar-refractivity contribution in [1.29, 1.82) is 0 Å². The van der Waals surface area contributed by atoms with Gasteiger partial charge in [-0.15, -0.1) is 0 Å². The topological polar surface area (TPSA) is 67.5 Å². The number of hydrogen-bond donors (Lipinski definition) is 2. The molecule has 0 aromatic heterocycles. The fourth-order valence-electron chi connectivity index (χ4n) is 2.12. The molecule has 1 aliphatic rings. The molecule has 0 aliphatic heterocycles. The Labute approximate surface area is 104 Å². The average Bonchev–Trinajstić information content (AvgIpc) is 2.66. The minimum atomic E-state index is -0.169. The van der Waals surface area contributed by atoms with Crippen molar-refractivity contribution in [2.75, 3.05) is 6.54 Å². The molecule has 1 amide bonds. The number of rotatable bonds is 4. The lowest BCUT2D eigenvalue weighted by atomic mass is 10.1. The number of nitrogens with zero attached hydrogens (tertiary/aromatic N) is 1. The summed E-state index contributed by atoms with van der Waals surface area (Å²) in [4.78, 5) is 15.9. The first-order chi connectivity index (χ1) is 7.88. The minimum absolute atomic E-state index is 0.0421. The van der Waals surface area contributed by atoms with E-state index in [1.54, 1.807) is 0 Å². The number of hydrogen-bond acceptors (Lipinski definition) is 2. The van der Waals surface area contributed by atoms with Crippen molar-refractivity contribution in [1.82, 2.24) is 5.32 Å². The summed E-state index contributed by atoms with van der Waals surface area (Å²) in [6.07, 6.45) is 5.24. The first-order valence-electron chi connectivity index (χ1n) is 6.49. The smallest absolute Gasteiger partial charge is 0.222 e. The molecule has 0 spiro atoms. The van der Waals surface area contributed by atoms with Crippen molar-refractivity contribution in [2.24, 2.45) is 16.6 Å². The van der Waals surface area contributed by atoms with Gasteiger partial charge in [0.2, 0.25) is 5.91 Å². The molecule has 3 N–H and O–H groups in total. The third kappa shape index (κ3) is 5.71. The van der Waals surface area contributed by atoms with Crippen LogP contribution in [0.5, 0.6) is 0 Å². The van der Waals surface area contributed by atoms with E-state index in [0.29, 0.717) is 18.9 Å². The number of carbonyl (C=O) groups excluding carboxylic acids is 1. The summed E-state index contributed by atoms with van der Waals surface area (Å²) in [6, 6.07) is 0. The van der Waals surface area contributed by atoms with E-state index in [2.05, 4.69) is 10.3 Å². The van der Waals surface area contributed by atoms with Crippen molar-refractivity contribution >= 4 is 11.7 Å². The van der Waals surface area contributed by atoms with Gasteiger partial charge in [-0.25, -0.2) is 0 Å². The maximum absolute atomic E-state index is 11.5. The van der Waals surface area contributed by atoms with Crippen molar-refractivity contribution < 1.29 is 4.79 Å². The molecular formula is C13H25N3O. The summed E-state index contributed by atoms with van der Waals surface area (Å²) in [6.45, 7) is 6.42. The van der Waals surface area contributed by atoms with Crippen molar-refractivity contribution in [3.05, 3.63) is 0 Å². The highest BCUT2D eigenvalue weighted by Crippen LogP contribution is 2.24. The van der Waals surface area contributed by atoms with Gasteiger partial charge in [0.05, 0.1) is 5.84 Å². The quantitative estimate of drug-likeness (QED) is 0.580. The van der Waals surface area contributed by atoms with Crippen LogP contribution in [0.25, 0.3) is 0 Å². The van der Waals surface area contributed by atoms with Gasteiger partial charge in [0, 0.05) is 24.4 Å². The summed E-state index contributed by atoms with van der Waals surface area (Å²) < 4.78 is 0. The van der Waals surface area contributed by atoms with Crippen LogP contribution in [0, 0.1) is 5.92 Å². The van der Waals surface area contributed by atoms with Gasteiger partial charge in [0.1, 0.15) is 0 Å². The Morgan fingerprint density at radius 2 is 1.94 bits per heavy atom. The van der Waals surface area contributed by atoms with Crippen LogP contribution < -0.4 is 11.1 Å². The second-order valence-corrected chi connectivity index (χ2v) is 5.84. The van der Waals surface area contributed by atoms with Gasteiger partial charge >= 0.3 is 0 Å². The van der Waals surface area contributed by atoms with Crippen molar-refractivity contribution in [3.63, 3.8) is 0 Å². The van der Waals surface area contributed by atoms with E-state index in [1.807, 2.05) is 20.8 Å². The van der Waals surface area contributed by atoms with E-state index in [1.165, 1.54) is 12.8 Å². The summed E-state index contributed by atoms with van der Waals surface area (Å²) in [5.41, 5.74) is 5.74. The van der Waals surface area contributed by atoms with E-state index < -0.39 is 0 Å². The van der Waals surface area contributed by atoms with Crippen molar-refractivity contribution in [2.45, 2.75) is 58.4 Å². The maximum Gasteiger partial charge on any atom is 0.222 e. The molecule has 4 nitrogen and oxygen atoms in total. The monoisotopic (exact) mass is 239 g/mol. The van der Waals surface area contributed by atoms with Crippen LogP contribution in [0.15, 0.2) is 4.99 Å². The highest BCUT2D eigenvalue weighted by molar-refractivity contribution is 5.83. The van der Waals surface area contributed by atoms with Crippen LogP contribution in [0.4, 0.5) is 0 Å².